The minimum atomic E-state index is 0. The standard InChI is InChI=1S/2C9H13.4CH3.ClH.2H2Si.Zr/c2*1-2-3-6-9-7-4-5-8-9;;;;;;;;/h2*4-5,7-8H,2-3,6H2,1H3;4*1H3;1H;2*1H2;/q6*-1;;;;. The molecule has 0 aliphatic rings. The van der Waals surface area contributed by atoms with Gasteiger partial charge in [-0.25, -0.2) is 12.1 Å². The summed E-state index contributed by atoms with van der Waals surface area (Å²) in [6.45, 7) is 8.76. The Morgan fingerprint density at radius 2 is 1.08 bits per heavy atom. The Morgan fingerprint density at radius 1 is 0.769 bits per heavy atom. The molecule has 0 fully saturated rings. The normalized spacial score (nSPS) is 7.15. The molecule has 0 radical (unpaired) electrons. The van der Waals surface area contributed by atoms with E-state index in [1.807, 2.05) is 0 Å². The second-order valence-corrected chi connectivity index (χ2v) is 18.1. The summed E-state index contributed by atoms with van der Waals surface area (Å²) in [5.41, 5.74) is 2.97. The summed E-state index contributed by atoms with van der Waals surface area (Å²) in [7, 11) is 0. The van der Waals surface area contributed by atoms with E-state index in [-0.39, 0.29) is 62.6 Å². The van der Waals surface area contributed by atoms with E-state index in [2.05, 4.69) is 76.1 Å². The van der Waals surface area contributed by atoms with Crippen molar-refractivity contribution in [2.75, 3.05) is 0 Å². The van der Waals surface area contributed by atoms with Crippen molar-refractivity contribution < 1.29 is 20.5 Å². The van der Waals surface area contributed by atoms with E-state index >= 15 is 0 Å². The van der Waals surface area contributed by atoms with Crippen molar-refractivity contribution in [3.63, 3.8) is 0 Å². The zero-order chi connectivity index (χ0) is 15.8. The molecule has 26 heavy (non-hydrogen) atoms. The van der Waals surface area contributed by atoms with Crippen LogP contribution in [0.2, 0.25) is 0 Å². The molecule has 156 valence electrons. The summed E-state index contributed by atoms with van der Waals surface area (Å²) < 4.78 is 0. The topological polar surface area (TPSA) is 0 Å². The zero-order valence-electron chi connectivity index (χ0n) is 18.2. The third-order valence-corrected chi connectivity index (χ3v) is 3.10. The van der Waals surface area contributed by atoms with Gasteiger partial charge in [0, 0.05) is 0 Å². The van der Waals surface area contributed by atoms with E-state index in [9.17, 15) is 0 Å². The number of aryl methyl sites for hydroxylation is 2. The Hall–Kier alpha value is 0.307. The van der Waals surface area contributed by atoms with Gasteiger partial charge in [-0.1, -0.05) is 52.4 Å². The molecule has 0 atom stereocenters. The van der Waals surface area contributed by atoms with Gasteiger partial charge >= 0.3 is 34.2 Å². The fraction of sp³-hybridized carbons (Fsp3) is 0.364. The first-order valence-corrected chi connectivity index (χ1v) is 19.8. The van der Waals surface area contributed by atoms with Gasteiger partial charge in [0.2, 0.25) is 0 Å². The van der Waals surface area contributed by atoms with Crippen LogP contribution in [0.1, 0.15) is 50.7 Å². The van der Waals surface area contributed by atoms with Crippen molar-refractivity contribution >= 4 is 26.2 Å². The van der Waals surface area contributed by atoms with E-state index in [0.717, 1.165) is 0 Å². The van der Waals surface area contributed by atoms with E-state index in [1.54, 1.807) is 0 Å². The average molecular weight is 490 g/mol. The summed E-state index contributed by atoms with van der Waals surface area (Å²) in [6, 6.07) is 17.2. The first-order chi connectivity index (χ1) is 10.3. The molecule has 0 unspecified atom stereocenters. The predicted molar refractivity (Wildman–Crippen MR) is 131 cm³/mol. The average Bonchev–Trinajstić information content (AvgIpc) is 3.18. The Morgan fingerprint density at radius 3 is 1.27 bits per heavy atom. The molecular weight excluding hydrogens is 447 g/mol. The number of halogens is 1. The zero-order valence-corrected chi connectivity index (χ0v) is 24.3. The van der Waals surface area contributed by atoms with Crippen LogP contribution in [0, 0.1) is 29.7 Å². The van der Waals surface area contributed by atoms with Gasteiger partial charge in [0.25, 0.3) is 0 Å². The molecule has 0 aromatic heterocycles. The van der Waals surface area contributed by atoms with Gasteiger partial charge in [0.1, 0.15) is 0 Å². The van der Waals surface area contributed by atoms with Gasteiger partial charge in [-0.05, 0) is 0 Å². The van der Waals surface area contributed by atoms with Crippen molar-refractivity contribution in [3.8, 4) is 0 Å². The quantitative estimate of drug-likeness (QED) is 0.350. The molecule has 0 amide bonds. The fourth-order valence-electron chi connectivity index (χ4n) is 1.92. The Bertz CT molecular complexity index is 406. The molecule has 2 aromatic carbocycles. The van der Waals surface area contributed by atoms with Crippen molar-refractivity contribution in [1.29, 1.82) is 0 Å². The third-order valence-electron chi connectivity index (χ3n) is 3.10. The fourth-order valence-corrected chi connectivity index (χ4v) is 1.92. The molecule has 2 rings (SSSR count). The molecule has 0 aliphatic heterocycles. The van der Waals surface area contributed by atoms with Gasteiger partial charge in [-0.15, -0.1) is 12.4 Å². The van der Waals surface area contributed by atoms with Crippen LogP contribution in [0.4, 0.5) is 0 Å². The Balaban J connectivity index is -0.0000000573. The number of unbranched alkanes of at least 4 members (excludes halogenated alkanes) is 2. The van der Waals surface area contributed by atoms with Crippen LogP contribution in [-0.4, -0.2) is 13.8 Å². The number of hydrogen-bond donors (Lipinski definition) is 0. The molecule has 0 saturated carbocycles. The minimum absolute atomic E-state index is 0. The van der Waals surface area contributed by atoms with Gasteiger partial charge in [-0.3, -0.25) is 0 Å². The third kappa shape index (κ3) is 26.5. The van der Waals surface area contributed by atoms with Crippen molar-refractivity contribution in [2.45, 2.75) is 52.4 Å². The summed E-state index contributed by atoms with van der Waals surface area (Å²) >= 11 is 0.286. The second kappa shape index (κ2) is 32.9. The van der Waals surface area contributed by atoms with Gasteiger partial charge in [0.15, 0.2) is 0 Å². The number of rotatable bonds is 6. The van der Waals surface area contributed by atoms with Crippen LogP contribution in [0.5, 0.6) is 0 Å². The van der Waals surface area contributed by atoms with Crippen molar-refractivity contribution in [2.24, 2.45) is 0 Å². The maximum atomic E-state index is 2.23. The van der Waals surface area contributed by atoms with Crippen LogP contribution in [-0.2, 0) is 33.3 Å². The molecule has 2 aromatic rings. The monoisotopic (exact) mass is 488 g/mol. The molecule has 0 heterocycles. The van der Waals surface area contributed by atoms with Crippen molar-refractivity contribution in [1.82, 2.24) is 0 Å². The summed E-state index contributed by atoms with van der Waals surface area (Å²) in [5, 5.41) is 0. The summed E-state index contributed by atoms with van der Waals surface area (Å²) in [4.78, 5) is 0. The predicted octanol–water partition coefficient (Wildman–Crippen LogP) is 5.88. The summed E-state index contributed by atoms with van der Waals surface area (Å²) in [5.74, 6) is 0. The Kier molecular flexibility index (Phi) is 51.8. The molecule has 0 nitrogen and oxygen atoms in total. The van der Waals surface area contributed by atoms with Gasteiger partial charge in [-0.2, -0.15) is 47.5 Å². The molecule has 4 heteroatoms. The molecule has 0 saturated heterocycles. The second-order valence-electron chi connectivity index (χ2n) is 5.04. The van der Waals surface area contributed by atoms with Crippen LogP contribution in [0.3, 0.4) is 0 Å². The van der Waals surface area contributed by atoms with Crippen LogP contribution < -0.4 is 0 Å². The first-order valence-electron chi connectivity index (χ1n) is 7.98. The van der Waals surface area contributed by atoms with Gasteiger partial charge in [0.05, 0.1) is 0 Å². The van der Waals surface area contributed by atoms with E-state index in [1.165, 1.54) is 49.7 Å². The molecular formula is C22H43ClSi2Zr-6. The van der Waals surface area contributed by atoms with Crippen LogP contribution in [0.25, 0.3) is 0 Å². The van der Waals surface area contributed by atoms with E-state index in [4.69, 9.17) is 0 Å². The first kappa shape index (κ1) is 40.9. The molecule has 0 aliphatic carbocycles. The van der Waals surface area contributed by atoms with Crippen molar-refractivity contribution in [3.05, 3.63) is 89.4 Å². The van der Waals surface area contributed by atoms with Crippen LogP contribution >= 0.6 is 12.4 Å². The van der Waals surface area contributed by atoms with E-state index < -0.39 is 0 Å². The number of hydrogen-bond acceptors (Lipinski definition) is 0. The van der Waals surface area contributed by atoms with Crippen LogP contribution in [0.15, 0.2) is 48.5 Å². The maximum absolute atomic E-state index is 2.23. The molecule has 0 bridgehead atoms. The Labute approximate surface area is 187 Å². The van der Waals surface area contributed by atoms with E-state index in [0.29, 0.717) is 0 Å². The van der Waals surface area contributed by atoms with Gasteiger partial charge < -0.3 is 29.7 Å². The summed E-state index contributed by atoms with van der Waals surface area (Å²) in [6.07, 6.45) is 7.75. The molecule has 0 N–H and O–H groups in total. The molecule has 0 spiro atoms. The SMILES string of the molecule is CCCCc1cc[cH-]c1.CCCCc1cc[cH-]c1.Cl.[CH3-].[CH3-].[CH3-].[CH3-].[SiH2]=[Zr]=[SiH2].